The lowest BCUT2D eigenvalue weighted by Gasteiger charge is -2.34. The molecule has 0 saturated carbocycles. The Kier molecular flexibility index (Phi) is 19.4. The number of fused-ring (bicyclic) bond motifs is 1. The summed E-state index contributed by atoms with van der Waals surface area (Å²) in [5.74, 6) is -4.51. The quantitative estimate of drug-likeness (QED) is 0.0451. The maximum atomic E-state index is 12.4. The van der Waals surface area contributed by atoms with Gasteiger partial charge in [-0.15, -0.1) is 5.10 Å². The molecule has 1 aliphatic heterocycles. The lowest BCUT2D eigenvalue weighted by Crippen LogP contribution is -2.38. The highest BCUT2D eigenvalue weighted by molar-refractivity contribution is 5.90. The minimum atomic E-state index is -1.26. The van der Waals surface area contributed by atoms with E-state index in [1.165, 1.54) is 24.0 Å². The van der Waals surface area contributed by atoms with Gasteiger partial charge in [0.15, 0.2) is 5.65 Å². The third-order valence-electron chi connectivity index (χ3n) is 9.01. The number of likely N-dealkylation sites (tertiary alicyclic amines) is 1. The van der Waals surface area contributed by atoms with E-state index in [1.807, 2.05) is 39.1 Å². The third kappa shape index (κ3) is 16.9. The second-order valence-corrected chi connectivity index (χ2v) is 13.9. The Labute approximate surface area is 342 Å². The van der Waals surface area contributed by atoms with Crippen LogP contribution in [0, 0.1) is 0 Å². The molecule has 16 heteroatoms. The molecule has 0 aliphatic carbocycles. The Hall–Kier alpha value is -6.39. The first kappa shape index (κ1) is 47.0. The average molecular weight is 816 g/mol. The zero-order valence-electron chi connectivity index (χ0n) is 33.5. The maximum Gasteiger partial charge on any atom is 0.328 e. The van der Waals surface area contributed by atoms with E-state index in [0.717, 1.165) is 51.3 Å². The van der Waals surface area contributed by atoms with Crippen LogP contribution in [0.2, 0.25) is 0 Å². The number of unbranched alkanes of at least 4 members (excludes halogenated alkanes) is 2. The molecule has 0 bridgehead atoms. The zero-order chi connectivity index (χ0) is 43.2. The monoisotopic (exact) mass is 815 g/mol. The fourth-order valence-electron chi connectivity index (χ4n) is 5.90. The van der Waals surface area contributed by atoms with Gasteiger partial charge in [-0.05, 0) is 76.3 Å². The van der Waals surface area contributed by atoms with Crippen molar-refractivity contribution in [1.82, 2.24) is 19.5 Å². The van der Waals surface area contributed by atoms with Crippen molar-refractivity contribution in [1.29, 1.82) is 0 Å². The van der Waals surface area contributed by atoms with Crippen LogP contribution in [0.4, 0.5) is 5.82 Å². The van der Waals surface area contributed by atoms with Gasteiger partial charge in [0.05, 0.1) is 24.6 Å². The van der Waals surface area contributed by atoms with Crippen LogP contribution in [0.25, 0.3) is 5.65 Å². The van der Waals surface area contributed by atoms with Crippen LogP contribution in [0.15, 0.2) is 103 Å². The summed E-state index contributed by atoms with van der Waals surface area (Å²) in [6, 6.07) is 25.0. The Morgan fingerprint density at radius 1 is 0.780 bits per heavy atom. The normalized spacial score (nSPS) is 13.4. The van der Waals surface area contributed by atoms with Crippen molar-refractivity contribution in [2.24, 2.45) is 0 Å². The van der Waals surface area contributed by atoms with Crippen molar-refractivity contribution in [3.05, 3.63) is 120 Å². The number of carboxylic acid groups (broad SMARTS) is 4. The van der Waals surface area contributed by atoms with Crippen LogP contribution in [0.1, 0.15) is 75.8 Å². The number of benzene rings is 2. The van der Waals surface area contributed by atoms with E-state index < -0.39 is 29.3 Å². The molecule has 1 saturated heterocycles. The Morgan fingerprint density at radius 3 is 1.80 bits per heavy atom. The van der Waals surface area contributed by atoms with E-state index >= 15 is 0 Å². The van der Waals surface area contributed by atoms with Crippen LogP contribution in [-0.4, -0.2) is 109 Å². The van der Waals surface area contributed by atoms with E-state index in [0.29, 0.717) is 42.3 Å². The van der Waals surface area contributed by atoms with Crippen LogP contribution < -0.4 is 5.32 Å². The number of carbonyl (C=O) groups excluding carboxylic acids is 1. The molecule has 0 unspecified atom stereocenters. The largest absolute Gasteiger partial charge is 0.478 e. The molecule has 59 heavy (non-hydrogen) atoms. The number of hydrogen-bond donors (Lipinski definition) is 5. The minimum Gasteiger partial charge on any atom is -0.478 e. The molecule has 316 valence electrons. The molecular formula is C43H53N5O11. The number of nitrogens with zero attached hydrogens (tertiary/aromatic N) is 4. The minimum absolute atomic E-state index is 0.0195. The van der Waals surface area contributed by atoms with E-state index in [-0.39, 0.29) is 18.2 Å². The van der Waals surface area contributed by atoms with Crippen LogP contribution in [-0.2, 0) is 38.9 Å². The molecule has 1 fully saturated rings. The number of imidazole rings is 1. The predicted octanol–water partition coefficient (Wildman–Crippen LogP) is 5.85. The molecule has 0 atom stereocenters. The molecule has 0 amide bonds. The summed E-state index contributed by atoms with van der Waals surface area (Å²) >= 11 is 0. The molecule has 2 aromatic heterocycles. The number of rotatable bonds is 18. The zero-order valence-corrected chi connectivity index (χ0v) is 33.5. The smallest absolute Gasteiger partial charge is 0.328 e. The molecule has 5 N–H and O–H groups in total. The van der Waals surface area contributed by atoms with Gasteiger partial charge in [0, 0.05) is 43.9 Å². The van der Waals surface area contributed by atoms with Crippen molar-refractivity contribution in [2.75, 3.05) is 38.1 Å². The van der Waals surface area contributed by atoms with Gasteiger partial charge in [0.1, 0.15) is 17.3 Å². The molecule has 3 heterocycles. The number of piperidine rings is 1. The van der Waals surface area contributed by atoms with Gasteiger partial charge < -0.3 is 40.1 Å². The number of esters is 1. The first-order valence-electron chi connectivity index (χ1n) is 19.2. The SMILES string of the molecule is CCOC(=O)C(C)(C)c1cn2nc(NCCCCCN3CCC(OC(c4ccccc4)c4ccccc4)CC3)ccc2n1.O=C(O)/C=C/C(=O)O.O=C(O)/C=C/C(=O)O. The molecule has 0 radical (unpaired) electrons. The van der Waals surface area contributed by atoms with Crippen molar-refractivity contribution >= 4 is 41.3 Å². The van der Waals surface area contributed by atoms with Gasteiger partial charge in [0.2, 0.25) is 0 Å². The van der Waals surface area contributed by atoms with Crippen molar-refractivity contribution < 1.29 is 53.9 Å². The molecule has 1 aliphatic rings. The number of ether oxygens (including phenoxy) is 2. The standard InChI is InChI=1S/C35H45N5O3.2C4H4O4/c1-4-42-34(41)35(2,3)30-26-40-32(37-30)19-18-31(38-40)36-22-12-7-13-23-39-24-20-29(21-25-39)43-33(27-14-8-5-9-15-27)28-16-10-6-11-17-28;2*5-3(6)1-2-4(7)8/h5-6,8-11,14-19,26,29,33H,4,7,12-13,20-25H2,1-3H3,(H,36,38);2*1-2H,(H,5,6)(H,7,8)/b;2*2-1+. The molecule has 0 spiro atoms. The van der Waals surface area contributed by atoms with Crippen molar-refractivity contribution in [2.45, 2.75) is 70.5 Å². The summed E-state index contributed by atoms with van der Waals surface area (Å²) in [6.07, 6.45) is 9.87. The van der Waals surface area contributed by atoms with Gasteiger partial charge in [0.25, 0.3) is 0 Å². The molecule has 16 nitrogen and oxygen atoms in total. The Bertz CT molecular complexity index is 1900. The van der Waals surface area contributed by atoms with Crippen LogP contribution in [0.5, 0.6) is 0 Å². The number of aromatic nitrogens is 3. The number of anilines is 1. The fourth-order valence-corrected chi connectivity index (χ4v) is 5.90. The van der Waals surface area contributed by atoms with Crippen molar-refractivity contribution in [3.8, 4) is 0 Å². The second kappa shape index (κ2) is 24.4. The molecule has 5 rings (SSSR count). The van der Waals surface area contributed by atoms with Crippen LogP contribution >= 0.6 is 0 Å². The van der Waals surface area contributed by atoms with E-state index in [1.54, 1.807) is 4.52 Å². The number of hydrogen-bond acceptors (Lipinski definition) is 11. The summed E-state index contributed by atoms with van der Waals surface area (Å²) in [5, 5.41) is 39.3. The lowest BCUT2D eigenvalue weighted by atomic mass is 9.90. The highest BCUT2D eigenvalue weighted by Crippen LogP contribution is 2.30. The molecular weight excluding hydrogens is 762 g/mol. The summed E-state index contributed by atoms with van der Waals surface area (Å²) in [6.45, 7) is 9.98. The number of carboxylic acids is 4. The van der Waals surface area contributed by atoms with Crippen LogP contribution in [0.3, 0.4) is 0 Å². The average Bonchev–Trinajstić information content (AvgIpc) is 3.66. The highest BCUT2D eigenvalue weighted by atomic mass is 16.5. The van der Waals surface area contributed by atoms with Gasteiger partial charge in [-0.25, -0.2) is 28.7 Å². The Morgan fingerprint density at radius 2 is 1.31 bits per heavy atom. The second-order valence-electron chi connectivity index (χ2n) is 13.9. The summed E-state index contributed by atoms with van der Waals surface area (Å²) < 4.78 is 13.7. The highest BCUT2D eigenvalue weighted by Gasteiger charge is 2.34. The maximum absolute atomic E-state index is 12.4. The summed E-state index contributed by atoms with van der Waals surface area (Å²) in [7, 11) is 0. The van der Waals surface area contributed by atoms with E-state index in [2.05, 4.69) is 81.0 Å². The third-order valence-corrected chi connectivity index (χ3v) is 9.01. The number of aliphatic carboxylic acids is 4. The summed E-state index contributed by atoms with van der Waals surface area (Å²) in [5.41, 5.74) is 2.97. The van der Waals surface area contributed by atoms with Crippen molar-refractivity contribution in [3.63, 3.8) is 0 Å². The topological polar surface area (TPSA) is 230 Å². The first-order valence-corrected chi connectivity index (χ1v) is 19.2. The molecule has 2 aromatic carbocycles. The van der Waals surface area contributed by atoms with Gasteiger partial charge in [-0.1, -0.05) is 67.1 Å². The number of nitrogens with one attached hydrogen (secondary N) is 1. The first-order chi connectivity index (χ1) is 28.2. The lowest BCUT2D eigenvalue weighted by molar-refractivity contribution is -0.149. The van der Waals surface area contributed by atoms with E-state index in [9.17, 15) is 24.0 Å². The molecule has 4 aromatic rings. The fraction of sp³-hybridized carbons (Fsp3) is 0.372. The van der Waals surface area contributed by atoms with Gasteiger partial charge in [-0.2, -0.15) is 0 Å². The van der Waals surface area contributed by atoms with E-state index in [4.69, 9.17) is 29.9 Å². The summed E-state index contributed by atoms with van der Waals surface area (Å²) in [4.78, 5) is 57.8. The number of carbonyl (C=O) groups is 5. The van der Waals surface area contributed by atoms with Gasteiger partial charge in [-0.3, -0.25) is 4.79 Å². The van der Waals surface area contributed by atoms with Gasteiger partial charge >= 0.3 is 29.8 Å². The Balaban J connectivity index is 0.000000490. The predicted molar refractivity (Wildman–Crippen MR) is 219 cm³/mol.